The Labute approximate surface area is 79.7 Å². The molecule has 1 aromatic carbocycles. The molecule has 72 valence electrons. The molecule has 5 heteroatoms. The minimum atomic E-state index is -0.317. The smallest absolute Gasteiger partial charge is 0.251 e. The van der Waals surface area contributed by atoms with Crippen molar-refractivity contribution >= 4 is 0 Å². The molecule has 0 fully saturated rings. The highest BCUT2D eigenvalue weighted by atomic mass is 16.8. The van der Waals surface area contributed by atoms with Crippen LogP contribution in [0.4, 0.5) is 0 Å². The van der Waals surface area contributed by atoms with E-state index in [1.807, 2.05) is 6.07 Å². The highest BCUT2D eigenvalue weighted by molar-refractivity contribution is 5.57. The van der Waals surface area contributed by atoms with Gasteiger partial charge >= 0.3 is 0 Å². The summed E-state index contributed by atoms with van der Waals surface area (Å²) in [5, 5.41) is 23.5. The molecule has 0 unspecified atom stereocenters. The number of aliphatic hydroxyl groups is 1. The second-order valence-electron chi connectivity index (χ2n) is 2.75. The van der Waals surface area contributed by atoms with Crippen LogP contribution in [0.15, 0.2) is 35.0 Å². The standard InChI is InChI=1S/C9H8N2O3/c12-6-8-9(11(13)14-10-8)7-4-2-1-3-5-7/h1-5,12H,6H2. The van der Waals surface area contributed by atoms with E-state index < -0.39 is 0 Å². The van der Waals surface area contributed by atoms with Gasteiger partial charge in [-0.3, -0.25) is 4.63 Å². The van der Waals surface area contributed by atoms with Gasteiger partial charge in [-0.1, -0.05) is 30.3 Å². The summed E-state index contributed by atoms with van der Waals surface area (Å²) in [4.78, 5) is 0.293. The molecule has 0 aliphatic rings. The van der Waals surface area contributed by atoms with Crippen molar-refractivity contribution in [3.05, 3.63) is 41.2 Å². The number of nitrogens with zero attached hydrogens (tertiary/aromatic N) is 2. The first-order valence-electron chi connectivity index (χ1n) is 4.08. The third kappa shape index (κ3) is 1.33. The molecular formula is C9H8N2O3. The summed E-state index contributed by atoms with van der Waals surface area (Å²) < 4.78 is 4.39. The molecule has 0 aliphatic heterocycles. The van der Waals surface area contributed by atoms with E-state index in [1.165, 1.54) is 0 Å². The largest absolute Gasteiger partial charge is 0.387 e. The maximum Gasteiger partial charge on any atom is 0.251 e. The molecule has 0 saturated carbocycles. The third-order valence-corrected chi connectivity index (χ3v) is 1.88. The van der Waals surface area contributed by atoms with Gasteiger partial charge in [0.25, 0.3) is 5.69 Å². The summed E-state index contributed by atoms with van der Waals surface area (Å²) in [6, 6.07) is 8.93. The van der Waals surface area contributed by atoms with Crippen LogP contribution >= 0.6 is 0 Å². The first-order chi connectivity index (χ1) is 6.83. The van der Waals surface area contributed by atoms with Gasteiger partial charge in [0, 0.05) is 10.7 Å². The Morgan fingerprint density at radius 1 is 1.36 bits per heavy atom. The number of aromatic nitrogens is 2. The van der Waals surface area contributed by atoms with Crippen molar-refractivity contribution in [1.29, 1.82) is 0 Å². The Kier molecular flexibility index (Phi) is 2.16. The first-order valence-corrected chi connectivity index (χ1v) is 4.08. The van der Waals surface area contributed by atoms with Crippen LogP contribution in [0.5, 0.6) is 0 Å². The fourth-order valence-electron chi connectivity index (χ4n) is 1.25. The second-order valence-corrected chi connectivity index (χ2v) is 2.75. The van der Waals surface area contributed by atoms with Crippen molar-refractivity contribution in [3.63, 3.8) is 0 Å². The van der Waals surface area contributed by atoms with E-state index in [1.54, 1.807) is 24.3 Å². The molecule has 1 N–H and O–H groups in total. The summed E-state index contributed by atoms with van der Waals surface area (Å²) in [5.74, 6) is 0. The molecule has 0 bridgehead atoms. The predicted molar refractivity (Wildman–Crippen MR) is 46.8 cm³/mol. The van der Waals surface area contributed by atoms with Crippen molar-refractivity contribution in [1.82, 2.24) is 5.16 Å². The topological polar surface area (TPSA) is 73.2 Å². The van der Waals surface area contributed by atoms with E-state index in [2.05, 4.69) is 9.79 Å². The molecular weight excluding hydrogens is 184 g/mol. The zero-order chi connectivity index (χ0) is 9.97. The minimum absolute atomic E-state index is 0.242. The van der Waals surface area contributed by atoms with Gasteiger partial charge in [-0.25, -0.2) is 0 Å². The summed E-state index contributed by atoms with van der Waals surface area (Å²) in [6.45, 7) is -0.317. The lowest BCUT2D eigenvalue weighted by atomic mass is 10.1. The van der Waals surface area contributed by atoms with E-state index in [0.29, 0.717) is 10.5 Å². The average molecular weight is 192 g/mol. The predicted octanol–water partition coefficient (Wildman–Crippen LogP) is 0.467. The number of benzene rings is 1. The molecule has 0 radical (unpaired) electrons. The van der Waals surface area contributed by atoms with Crippen molar-refractivity contribution in [2.24, 2.45) is 0 Å². The fraction of sp³-hybridized carbons (Fsp3) is 0.111. The van der Waals surface area contributed by atoms with Gasteiger partial charge in [-0.05, 0) is 4.90 Å². The lowest BCUT2D eigenvalue weighted by Crippen LogP contribution is -2.25. The monoisotopic (exact) mass is 192 g/mol. The number of hydrogen-bond donors (Lipinski definition) is 1. The lowest BCUT2D eigenvalue weighted by Gasteiger charge is -1.96. The third-order valence-electron chi connectivity index (χ3n) is 1.88. The Morgan fingerprint density at radius 2 is 2.07 bits per heavy atom. The van der Waals surface area contributed by atoms with E-state index >= 15 is 0 Å². The molecule has 2 rings (SSSR count). The van der Waals surface area contributed by atoms with Crippen molar-refractivity contribution < 1.29 is 14.6 Å². The Morgan fingerprint density at radius 3 is 2.71 bits per heavy atom. The quantitative estimate of drug-likeness (QED) is 0.702. The van der Waals surface area contributed by atoms with E-state index in [-0.39, 0.29) is 18.0 Å². The van der Waals surface area contributed by atoms with E-state index in [9.17, 15) is 5.21 Å². The minimum Gasteiger partial charge on any atom is -0.387 e. The Balaban J connectivity index is 2.55. The second kappa shape index (κ2) is 3.47. The zero-order valence-electron chi connectivity index (χ0n) is 7.25. The fourth-order valence-corrected chi connectivity index (χ4v) is 1.25. The summed E-state index contributed by atoms with van der Waals surface area (Å²) >= 11 is 0. The van der Waals surface area contributed by atoms with Crippen LogP contribution in [0.25, 0.3) is 11.3 Å². The van der Waals surface area contributed by atoms with Crippen LogP contribution in [-0.2, 0) is 6.61 Å². The van der Waals surface area contributed by atoms with Crippen molar-refractivity contribution in [2.75, 3.05) is 0 Å². The molecule has 1 aromatic heterocycles. The molecule has 0 atom stereocenters. The van der Waals surface area contributed by atoms with Gasteiger partial charge in [-0.2, -0.15) is 0 Å². The number of rotatable bonds is 2. The molecule has 5 nitrogen and oxygen atoms in total. The average Bonchev–Trinajstić information content (AvgIpc) is 2.61. The van der Waals surface area contributed by atoms with Gasteiger partial charge < -0.3 is 10.3 Å². The first kappa shape index (κ1) is 8.71. The van der Waals surface area contributed by atoms with Gasteiger partial charge in [0.05, 0.1) is 0 Å². The highest BCUT2D eigenvalue weighted by Gasteiger charge is 2.19. The van der Waals surface area contributed by atoms with Crippen LogP contribution in [0, 0.1) is 5.21 Å². The van der Waals surface area contributed by atoms with E-state index in [4.69, 9.17) is 5.11 Å². The summed E-state index contributed by atoms with van der Waals surface area (Å²) in [7, 11) is 0. The molecule has 0 amide bonds. The van der Waals surface area contributed by atoms with Crippen LogP contribution in [-0.4, -0.2) is 10.3 Å². The molecule has 0 spiro atoms. The SMILES string of the molecule is [O-][n+]1onc(CO)c1-c1ccccc1. The van der Waals surface area contributed by atoms with Crippen LogP contribution in [0.1, 0.15) is 5.69 Å². The normalized spacial score (nSPS) is 10.4. The highest BCUT2D eigenvalue weighted by Crippen LogP contribution is 2.17. The Bertz CT molecular complexity index is 425. The number of aliphatic hydroxyl groups excluding tert-OH is 1. The van der Waals surface area contributed by atoms with E-state index in [0.717, 1.165) is 0 Å². The zero-order valence-corrected chi connectivity index (χ0v) is 7.25. The van der Waals surface area contributed by atoms with Gasteiger partial charge in [0.1, 0.15) is 6.61 Å². The summed E-state index contributed by atoms with van der Waals surface area (Å²) in [5.41, 5.74) is 1.17. The maximum absolute atomic E-state index is 11.2. The summed E-state index contributed by atoms with van der Waals surface area (Å²) in [6.07, 6.45) is 0. The number of hydrogen-bond acceptors (Lipinski definition) is 4. The van der Waals surface area contributed by atoms with Gasteiger partial charge in [0.2, 0.25) is 5.69 Å². The molecule has 14 heavy (non-hydrogen) atoms. The molecule has 2 aromatic rings. The van der Waals surface area contributed by atoms with Gasteiger partial charge in [-0.15, -0.1) is 0 Å². The molecule has 0 saturated heterocycles. The molecule has 0 aliphatic carbocycles. The van der Waals surface area contributed by atoms with Crippen LogP contribution in [0.3, 0.4) is 0 Å². The van der Waals surface area contributed by atoms with Gasteiger partial charge in [0.15, 0.2) is 0 Å². The molecule has 1 heterocycles. The maximum atomic E-state index is 11.2. The van der Waals surface area contributed by atoms with Crippen molar-refractivity contribution in [2.45, 2.75) is 6.61 Å². The van der Waals surface area contributed by atoms with Crippen LogP contribution < -0.4 is 4.90 Å². The van der Waals surface area contributed by atoms with Crippen LogP contribution in [0.2, 0.25) is 0 Å². The van der Waals surface area contributed by atoms with Crippen molar-refractivity contribution in [3.8, 4) is 11.3 Å². The Hall–Kier alpha value is -1.88. The lowest BCUT2D eigenvalue weighted by molar-refractivity contribution is -0.793.